The molecule has 1 saturated carbocycles. The van der Waals surface area contributed by atoms with Crippen LogP contribution in [0.25, 0.3) is 0 Å². The Morgan fingerprint density at radius 2 is 2.10 bits per heavy atom. The molecule has 20 heavy (non-hydrogen) atoms. The smallest absolute Gasteiger partial charge is 0.156 e. The second-order valence-corrected chi connectivity index (χ2v) is 8.57. The Morgan fingerprint density at radius 1 is 1.40 bits per heavy atom. The Hall–Kier alpha value is -0.460. The Morgan fingerprint density at radius 3 is 2.70 bits per heavy atom. The third kappa shape index (κ3) is 3.40. The largest absolute Gasteiger partial charge is 0.493 e. The predicted octanol–water partition coefficient (Wildman–Crippen LogP) is 3.49. The van der Waals surface area contributed by atoms with Crippen LogP contribution in [0.5, 0.6) is 5.75 Å². The zero-order valence-electron chi connectivity index (χ0n) is 11.3. The number of hydrogen-bond donors (Lipinski definition) is 1. The molecule has 1 aromatic carbocycles. The van der Waals surface area contributed by atoms with Gasteiger partial charge in [0.05, 0.1) is 22.5 Å². The first kappa shape index (κ1) is 15.9. The molecule has 2 rings (SSSR count). The van der Waals surface area contributed by atoms with Gasteiger partial charge in [0.25, 0.3) is 0 Å². The fraction of sp³-hybridized carbons (Fsp3) is 0.538. The van der Waals surface area contributed by atoms with Gasteiger partial charge in [-0.1, -0.05) is 11.6 Å². The SMILES string of the molecule is COc1c(Br)cc(Cl)cc1NC1CCCC1S(C)(=O)=O. The minimum absolute atomic E-state index is 0.107. The molecule has 1 N–H and O–H groups in total. The summed E-state index contributed by atoms with van der Waals surface area (Å²) >= 11 is 9.44. The Kier molecular flexibility index (Phi) is 4.87. The molecule has 0 radical (unpaired) electrons. The van der Waals surface area contributed by atoms with Gasteiger partial charge in [0.1, 0.15) is 0 Å². The van der Waals surface area contributed by atoms with Crippen molar-refractivity contribution < 1.29 is 13.2 Å². The van der Waals surface area contributed by atoms with Crippen molar-refractivity contribution in [2.75, 3.05) is 18.7 Å². The summed E-state index contributed by atoms with van der Waals surface area (Å²) in [7, 11) is -1.49. The number of benzene rings is 1. The lowest BCUT2D eigenvalue weighted by Crippen LogP contribution is -2.34. The maximum atomic E-state index is 11.8. The van der Waals surface area contributed by atoms with E-state index in [-0.39, 0.29) is 11.3 Å². The molecule has 1 aliphatic carbocycles. The summed E-state index contributed by atoms with van der Waals surface area (Å²) in [6.45, 7) is 0. The van der Waals surface area contributed by atoms with Gasteiger partial charge in [-0.15, -0.1) is 0 Å². The van der Waals surface area contributed by atoms with Gasteiger partial charge in [-0.2, -0.15) is 0 Å². The van der Waals surface area contributed by atoms with E-state index in [0.717, 1.165) is 17.3 Å². The number of rotatable bonds is 4. The van der Waals surface area contributed by atoms with Crippen molar-refractivity contribution in [3.05, 3.63) is 21.6 Å². The molecule has 2 atom stereocenters. The summed E-state index contributed by atoms with van der Waals surface area (Å²) in [4.78, 5) is 0. The molecule has 1 aromatic rings. The normalized spacial score (nSPS) is 22.8. The van der Waals surface area contributed by atoms with Crippen LogP contribution in [-0.2, 0) is 9.84 Å². The number of nitrogens with one attached hydrogen (secondary N) is 1. The van der Waals surface area contributed by atoms with Crippen LogP contribution in [0.15, 0.2) is 16.6 Å². The molecule has 0 amide bonds. The predicted molar refractivity (Wildman–Crippen MR) is 85.6 cm³/mol. The second kappa shape index (κ2) is 6.12. The van der Waals surface area contributed by atoms with Crippen LogP contribution >= 0.6 is 27.5 Å². The lowest BCUT2D eigenvalue weighted by Gasteiger charge is -2.22. The number of sulfone groups is 1. The van der Waals surface area contributed by atoms with Gasteiger partial charge in [0.2, 0.25) is 0 Å². The summed E-state index contributed by atoms with van der Waals surface area (Å²) in [5.41, 5.74) is 0.715. The first-order valence-electron chi connectivity index (χ1n) is 6.31. The van der Waals surface area contributed by atoms with Gasteiger partial charge in [0, 0.05) is 17.3 Å². The average Bonchev–Trinajstić information content (AvgIpc) is 2.76. The van der Waals surface area contributed by atoms with E-state index in [1.165, 1.54) is 6.26 Å². The topological polar surface area (TPSA) is 55.4 Å². The highest BCUT2D eigenvalue weighted by atomic mass is 79.9. The van der Waals surface area contributed by atoms with Crippen molar-refractivity contribution in [1.29, 1.82) is 0 Å². The molecular formula is C13H17BrClNO3S. The molecule has 4 nitrogen and oxygen atoms in total. The van der Waals surface area contributed by atoms with Gasteiger partial charge >= 0.3 is 0 Å². The van der Waals surface area contributed by atoms with Crippen molar-refractivity contribution in [1.82, 2.24) is 0 Å². The maximum Gasteiger partial charge on any atom is 0.156 e. The molecule has 0 heterocycles. The van der Waals surface area contributed by atoms with Crippen LogP contribution < -0.4 is 10.1 Å². The van der Waals surface area contributed by atoms with Crippen LogP contribution in [0, 0.1) is 0 Å². The van der Waals surface area contributed by atoms with E-state index in [1.54, 1.807) is 19.2 Å². The molecule has 112 valence electrons. The van der Waals surface area contributed by atoms with Crippen molar-refractivity contribution in [2.24, 2.45) is 0 Å². The summed E-state index contributed by atoms with van der Waals surface area (Å²) in [5.74, 6) is 0.633. The number of anilines is 1. The molecular weight excluding hydrogens is 366 g/mol. The fourth-order valence-corrected chi connectivity index (χ4v) is 5.05. The van der Waals surface area contributed by atoms with Crippen molar-refractivity contribution >= 4 is 43.1 Å². The highest BCUT2D eigenvalue weighted by Gasteiger charge is 2.35. The minimum Gasteiger partial charge on any atom is -0.493 e. The molecule has 7 heteroatoms. The Balaban J connectivity index is 2.30. The summed E-state index contributed by atoms with van der Waals surface area (Å²) < 4.78 is 29.7. The molecule has 0 bridgehead atoms. The first-order chi connectivity index (χ1) is 9.32. The van der Waals surface area contributed by atoms with E-state index < -0.39 is 9.84 Å². The summed E-state index contributed by atoms with van der Waals surface area (Å²) in [6.07, 6.45) is 3.72. The van der Waals surface area contributed by atoms with Crippen LogP contribution in [-0.4, -0.2) is 33.1 Å². The number of halogens is 2. The van der Waals surface area contributed by atoms with Gasteiger partial charge in [0.15, 0.2) is 15.6 Å². The van der Waals surface area contributed by atoms with Gasteiger partial charge in [-0.3, -0.25) is 0 Å². The van der Waals surface area contributed by atoms with Gasteiger partial charge in [-0.05, 0) is 47.3 Å². The van der Waals surface area contributed by atoms with Crippen molar-refractivity contribution in [2.45, 2.75) is 30.6 Å². The summed E-state index contributed by atoms with van der Waals surface area (Å²) in [5, 5.41) is 3.49. The van der Waals surface area contributed by atoms with Crippen LogP contribution in [0.2, 0.25) is 5.02 Å². The number of ether oxygens (including phenoxy) is 1. The summed E-state index contributed by atoms with van der Waals surface area (Å²) in [6, 6.07) is 3.39. The highest BCUT2D eigenvalue weighted by molar-refractivity contribution is 9.10. The third-order valence-electron chi connectivity index (χ3n) is 3.56. The van der Waals surface area contributed by atoms with E-state index >= 15 is 0 Å². The van der Waals surface area contributed by atoms with Gasteiger partial charge < -0.3 is 10.1 Å². The molecule has 1 fully saturated rings. The fourth-order valence-electron chi connectivity index (χ4n) is 2.68. The second-order valence-electron chi connectivity index (χ2n) is 5.02. The lowest BCUT2D eigenvalue weighted by molar-refractivity contribution is 0.413. The third-order valence-corrected chi connectivity index (χ3v) is 6.03. The standard InChI is InChI=1S/C13H17BrClNO3S/c1-19-13-9(14)6-8(15)7-11(13)16-10-4-3-5-12(10)20(2,17)18/h6-7,10,12,16H,3-5H2,1-2H3. The molecule has 1 aliphatic rings. The molecule has 0 spiro atoms. The monoisotopic (exact) mass is 381 g/mol. The zero-order valence-corrected chi connectivity index (χ0v) is 14.5. The minimum atomic E-state index is -3.06. The van der Waals surface area contributed by atoms with Crippen LogP contribution in [0.3, 0.4) is 0 Å². The quantitative estimate of drug-likeness (QED) is 0.866. The highest BCUT2D eigenvalue weighted by Crippen LogP contribution is 2.38. The number of methoxy groups -OCH3 is 1. The Labute approximate surface area is 132 Å². The van der Waals surface area contributed by atoms with Crippen molar-refractivity contribution in [3.8, 4) is 5.75 Å². The molecule has 2 unspecified atom stereocenters. The van der Waals surface area contributed by atoms with E-state index in [4.69, 9.17) is 16.3 Å². The van der Waals surface area contributed by atoms with Crippen molar-refractivity contribution in [3.63, 3.8) is 0 Å². The zero-order chi connectivity index (χ0) is 14.9. The van der Waals surface area contributed by atoms with E-state index in [2.05, 4.69) is 21.2 Å². The van der Waals surface area contributed by atoms with E-state index in [1.807, 2.05) is 0 Å². The van der Waals surface area contributed by atoms with E-state index in [0.29, 0.717) is 22.9 Å². The maximum absolute atomic E-state index is 11.8. The molecule has 0 aliphatic heterocycles. The van der Waals surface area contributed by atoms with Crippen LogP contribution in [0.1, 0.15) is 19.3 Å². The lowest BCUT2D eigenvalue weighted by atomic mass is 10.2. The average molecular weight is 383 g/mol. The number of hydrogen-bond acceptors (Lipinski definition) is 4. The first-order valence-corrected chi connectivity index (χ1v) is 9.44. The molecule has 0 saturated heterocycles. The Bertz CT molecular complexity index is 606. The van der Waals surface area contributed by atoms with E-state index in [9.17, 15) is 8.42 Å². The molecule has 0 aromatic heterocycles. The van der Waals surface area contributed by atoms with Crippen LogP contribution in [0.4, 0.5) is 5.69 Å². The van der Waals surface area contributed by atoms with Gasteiger partial charge in [-0.25, -0.2) is 8.42 Å².